The van der Waals surface area contributed by atoms with E-state index in [1.54, 1.807) is 12.1 Å². The number of benzene rings is 1. The van der Waals surface area contributed by atoms with E-state index < -0.39 is 0 Å². The van der Waals surface area contributed by atoms with Crippen molar-refractivity contribution in [2.24, 2.45) is 0 Å². The van der Waals surface area contributed by atoms with Crippen LogP contribution < -0.4 is 10.6 Å². The Morgan fingerprint density at radius 1 is 1.27 bits per heavy atom. The summed E-state index contributed by atoms with van der Waals surface area (Å²) in [5, 5.41) is 15.2. The molecule has 22 heavy (non-hydrogen) atoms. The Labute approximate surface area is 129 Å². The van der Waals surface area contributed by atoms with Crippen LogP contribution in [0.25, 0.3) is 0 Å². The van der Waals surface area contributed by atoms with Gasteiger partial charge in [0.1, 0.15) is 17.3 Å². The van der Waals surface area contributed by atoms with Gasteiger partial charge in [0.25, 0.3) is 0 Å². The Morgan fingerprint density at radius 2 is 2.05 bits per heavy atom. The Hall–Kier alpha value is -2.08. The first-order valence-electron chi connectivity index (χ1n) is 7.57. The van der Waals surface area contributed by atoms with E-state index in [1.807, 2.05) is 13.8 Å². The third-order valence-electron chi connectivity index (χ3n) is 4.00. The number of nitrogens with zero attached hydrogens (tertiary/aromatic N) is 3. The van der Waals surface area contributed by atoms with E-state index in [4.69, 9.17) is 0 Å². The van der Waals surface area contributed by atoms with Crippen LogP contribution >= 0.6 is 0 Å². The van der Waals surface area contributed by atoms with E-state index >= 15 is 0 Å². The molecule has 2 aromatic rings. The average Bonchev–Trinajstić information content (AvgIpc) is 3.00. The van der Waals surface area contributed by atoms with Crippen LogP contribution in [0.4, 0.5) is 10.2 Å². The fourth-order valence-corrected chi connectivity index (χ4v) is 2.69. The number of hydrogen-bond donors (Lipinski definition) is 2. The van der Waals surface area contributed by atoms with Crippen LogP contribution in [0, 0.1) is 12.7 Å². The van der Waals surface area contributed by atoms with Crippen molar-refractivity contribution in [2.75, 3.05) is 18.4 Å². The Balaban J connectivity index is 1.89. The molecule has 116 valence electrons. The van der Waals surface area contributed by atoms with Gasteiger partial charge in [-0.2, -0.15) is 0 Å². The Kier molecular flexibility index (Phi) is 4.29. The molecule has 1 aliphatic heterocycles. The summed E-state index contributed by atoms with van der Waals surface area (Å²) in [6.45, 7) is 5.80. The second kappa shape index (κ2) is 6.36. The van der Waals surface area contributed by atoms with Gasteiger partial charge in [0.05, 0.1) is 0 Å². The van der Waals surface area contributed by atoms with E-state index in [-0.39, 0.29) is 11.7 Å². The largest absolute Gasteiger partial charge is 0.364 e. The van der Waals surface area contributed by atoms with Gasteiger partial charge in [-0.15, -0.1) is 10.2 Å². The van der Waals surface area contributed by atoms with Gasteiger partial charge in [0.2, 0.25) is 0 Å². The van der Waals surface area contributed by atoms with E-state index in [9.17, 15) is 4.39 Å². The standard InChI is InChI=1S/C16H20FN5/c1-10(12-3-5-13(17)6-4-12)15-16(19-11(2)21-22-15)20-14-7-8-18-9-14/h3-6,10,14,18H,7-9H2,1-2H3,(H,19,20,21)/t10-,14?/m1/s1. The topological polar surface area (TPSA) is 62.7 Å². The molecular weight excluding hydrogens is 281 g/mol. The zero-order valence-electron chi connectivity index (χ0n) is 12.8. The van der Waals surface area contributed by atoms with Crippen molar-refractivity contribution in [1.82, 2.24) is 20.5 Å². The smallest absolute Gasteiger partial charge is 0.152 e. The van der Waals surface area contributed by atoms with E-state index in [0.717, 1.165) is 36.6 Å². The van der Waals surface area contributed by atoms with Crippen LogP contribution in [0.3, 0.4) is 0 Å². The fraction of sp³-hybridized carbons (Fsp3) is 0.438. The van der Waals surface area contributed by atoms with Crippen LogP contribution in [0.5, 0.6) is 0 Å². The number of aryl methyl sites for hydroxylation is 1. The van der Waals surface area contributed by atoms with E-state index in [2.05, 4.69) is 25.8 Å². The van der Waals surface area contributed by atoms with Crippen molar-refractivity contribution in [3.8, 4) is 0 Å². The third kappa shape index (κ3) is 3.22. The average molecular weight is 301 g/mol. The zero-order valence-corrected chi connectivity index (χ0v) is 12.8. The number of hydrogen-bond acceptors (Lipinski definition) is 5. The number of halogens is 1. The third-order valence-corrected chi connectivity index (χ3v) is 4.00. The van der Waals surface area contributed by atoms with Gasteiger partial charge in [-0.3, -0.25) is 0 Å². The summed E-state index contributed by atoms with van der Waals surface area (Å²) in [6.07, 6.45) is 1.06. The molecule has 3 rings (SSSR count). The van der Waals surface area contributed by atoms with Gasteiger partial charge >= 0.3 is 0 Å². The van der Waals surface area contributed by atoms with E-state index in [1.165, 1.54) is 12.1 Å². The molecule has 0 saturated carbocycles. The lowest BCUT2D eigenvalue weighted by molar-refractivity contribution is 0.626. The van der Waals surface area contributed by atoms with Gasteiger partial charge in [0.15, 0.2) is 5.82 Å². The van der Waals surface area contributed by atoms with Gasteiger partial charge in [-0.05, 0) is 37.6 Å². The second-order valence-electron chi connectivity index (χ2n) is 5.70. The first kappa shape index (κ1) is 14.8. The summed E-state index contributed by atoms with van der Waals surface area (Å²) in [7, 11) is 0. The summed E-state index contributed by atoms with van der Waals surface area (Å²) in [5.74, 6) is 1.18. The molecule has 0 radical (unpaired) electrons. The predicted octanol–water partition coefficient (Wildman–Crippen LogP) is 2.24. The molecule has 0 amide bonds. The van der Waals surface area contributed by atoms with E-state index in [0.29, 0.717) is 11.9 Å². The number of nitrogens with one attached hydrogen (secondary N) is 2. The maximum Gasteiger partial charge on any atom is 0.152 e. The summed E-state index contributed by atoms with van der Waals surface area (Å²) in [6, 6.07) is 6.85. The lowest BCUT2D eigenvalue weighted by Gasteiger charge is -2.18. The molecule has 5 nitrogen and oxygen atoms in total. The molecule has 0 aliphatic carbocycles. The number of rotatable bonds is 4. The lowest BCUT2D eigenvalue weighted by Crippen LogP contribution is -2.24. The minimum atomic E-state index is -0.237. The first-order chi connectivity index (χ1) is 10.6. The highest BCUT2D eigenvalue weighted by atomic mass is 19.1. The molecule has 1 aromatic carbocycles. The zero-order chi connectivity index (χ0) is 15.5. The molecule has 1 aliphatic rings. The number of anilines is 1. The molecule has 1 fully saturated rings. The second-order valence-corrected chi connectivity index (χ2v) is 5.70. The van der Waals surface area contributed by atoms with Gasteiger partial charge in [-0.1, -0.05) is 19.1 Å². The molecule has 1 aromatic heterocycles. The maximum atomic E-state index is 13.1. The Bertz CT molecular complexity index is 637. The molecule has 1 saturated heterocycles. The van der Waals surface area contributed by atoms with Crippen LogP contribution in [0.2, 0.25) is 0 Å². The monoisotopic (exact) mass is 301 g/mol. The molecule has 1 unspecified atom stereocenters. The van der Waals surface area contributed by atoms with Crippen LogP contribution in [0.15, 0.2) is 24.3 Å². The molecule has 0 bridgehead atoms. The molecule has 0 spiro atoms. The fourth-order valence-electron chi connectivity index (χ4n) is 2.69. The molecule has 6 heteroatoms. The summed E-state index contributed by atoms with van der Waals surface area (Å²) in [5.41, 5.74) is 1.79. The first-order valence-corrected chi connectivity index (χ1v) is 7.57. The van der Waals surface area contributed by atoms with Crippen molar-refractivity contribution >= 4 is 5.82 Å². The SMILES string of the molecule is Cc1nnc([C@H](C)c2ccc(F)cc2)c(NC2CCNC2)n1. The Morgan fingerprint density at radius 3 is 2.73 bits per heavy atom. The van der Waals surface area contributed by atoms with Crippen molar-refractivity contribution in [3.63, 3.8) is 0 Å². The summed E-state index contributed by atoms with van der Waals surface area (Å²) in [4.78, 5) is 4.51. The molecule has 2 atom stereocenters. The highest BCUT2D eigenvalue weighted by molar-refractivity contribution is 5.46. The quantitative estimate of drug-likeness (QED) is 0.907. The molecule has 2 heterocycles. The van der Waals surface area contributed by atoms with Crippen molar-refractivity contribution < 1.29 is 4.39 Å². The molecule has 2 N–H and O–H groups in total. The van der Waals surface area contributed by atoms with Crippen LogP contribution in [-0.2, 0) is 0 Å². The lowest BCUT2D eigenvalue weighted by atomic mass is 9.97. The number of aromatic nitrogens is 3. The highest BCUT2D eigenvalue weighted by Crippen LogP contribution is 2.27. The minimum absolute atomic E-state index is 0.00179. The van der Waals surface area contributed by atoms with Gasteiger partial charge in [0, 0.05) is 18.5 Å². The van der Waals surface area contributed by atoms with Crippen molar-refractivity contribution in [3.05, 3.63) is 47.2 Å². The van der Waals surface area contributed by atoms with Gasteiger partial charge in [-0.25, -0.2) is 9.37 Å². The van der Waals surface area contributed by atoms with Crippen molar-refractivity contribution in [1.29, 1.82) is 0 Å². The maximum absolute atomic E-state index is 13.1. The molecular formula is C16H20FN5. The summed E-state index contributed by atoms with van der Waals surface area (Å²) >= 11 is 0. The van der Waals surface area contributed by atoms with Gasteiger partial charge < -0.3 is 10.6 Å². The highest BCUT2D eigenvalue weighted by Gasteiger charge is 2.21. The minimum Gasteiger partial charge on any atom is -0.364 e. The van der Waals surface area contributed by atoms with Crippen LogP contribution in [0.1, 0.15) is 36.3 Å². The predicted molar refractivity (Wildman–Crippen MR) is 83.4 cm³/mol. The summed E-state index contributed by atoms with van der Waals surface area (Å²) < 4.78 is 13.1. The van der Waals surface area contributed by atoms with Crippen LogP contribution in [-0.4, -0.2) is 34.3 Å². The van der Waals surface area contributed by atoms with Crippen molar-refractivity contribution in [2.45, 2.75) is 32.2 Å². The normalized spacial score (nSPS) is 19.1.